The first kappa shape index (κ1) is 22.6. The maximum absolute atomic E-state index is 12.7. The van der Waals surface area contributed by atoms with Crippen LogP contribution in [0.15, 0.2) is 83.3 Å². The molecule has 0 saturated carbocycles. The number of esters is 1. The number of para-hydroxylation sites is 1. The van der Waals surface area contributed by atoms with Gasteiger partial charge in [0.1, 0.15) is 6.54 Å². The van der Waals surface area contributed by atoms with Crippen molar-refractivity contribution in [2.45, 2.75) is 6.54 Å². The highest BCUT2D eigenvalue weighted by molar-refractivity contribution is 9.10. The number of ether oxygens (including phenoxy) is 1. The zero-order valence-corrected chi connectivity index (χ0v) is 20.0. The summed E-state index contributed by atoms with van der Waals surface area (Å²) in [5.74, 6) is -0.1000. The molecule has 3 aromatic carbocycles. The van der Waals surface area contributed by atoms with E-state index in [0.29, 0.717) is 21.8 Å². The molecule has 4 rings (SSSR count). The van der Waals surface area contributed by atoms with Crippen LogP contribution in [0.5, 0.6) is 0 Å². The molecule has 0 aliphatic rings. The number of anilines is 1. The van der Waals surface area contributed by atoms with Gasteiger partial charge in [-0.05, 0) is 60.7 Å². The van der Waals surface area contributed by atoms with Gasteiger partial charge in [-0.3, -0.25) is 9.36 Å². The van der Waals surface area contributed by atoms with Gasteiger partial charge >= 0.3 is 5.97 Å². The molecule has 1 N–H and O–H groups in total. The highest BCUT2D eigenvalue weighted by atomic mass is 79.9. The van der Waals surface area contributed by atoms with Crippen molar-refractivity contribution in [2.24, 2.45) is 0 Å². The Bertz CT molecular complexity index is 1350. The van der Waals surface area contributed by atoms with Gasteiger partial charge in [0.15, 0.2) is 5.82 Å². The van der Waals surface area contributed by atoms with Gasteiger partial charge < -0.3 is 10.1 Å². The number of aromatic nitrogens is 3. The molecule has 33 heavy (non-hydrogen) atoms. The summed E-state index contributed by atoms with van der Waals surface area (Å²) in [6.07, 6.45) is 0. The molecule has 0 unspecified atom stereocenters. The van der Waals surface area contributed by atoms with E-state index in [1.54, 1.807) is 24.3 Å². The van der Waals surface area contributed by atoms with Gasteiger partial charge in [-0.1, -0.05) is 46.3 Å². The van der Waals surface area contributed by atoms with E-state index in [1.807, 2.05) is 59.2 Å². The zero-order chi connectivity index (χ0) is 23.4. The molecular weight excluding hydrogens is 504 g/mol. The molecular formula is C24H19BrN4O3S. The van der Waals surface area contributed by atoms with Crippen LogP contribution in [0.25, 0.3) is 17.1 Å². The highest BCUT2D eigenvalue weighted by Crippen LogP contribution is 2.24. The second kappa shape index (κ2) is 9.93. The van der Waals surface area contributed by atoms with Crippen LogP contribution < -0.4 is 5.32 Å². The number of carbonyl (C=O) groups is 2. The Morgan fingerprint density at radius 3 is 2.30 bits per heavy atom. The fourth-order valence-electron chi connectivity index (χ4n) is 3.25. The number of hydrogen-bond donors (Lipinski definition) is 1. The Labute approximate surface area is 203 Å². The van der Waals surface area contributed by atoms with Crippen LogP contribution >= 0.6 is 28.1 Å². The quantitative estimate of drug-likeness (QED) is 0.276. The van der Waals surface area contributed by atoms with Crippen molar-refractivity contribution in [3.8, 4) is 17.1 Å². The molecule has 1 aromatic heterocycles. The Kier molecular flexibility index (Phi) is 6.81. The van der Waals surface area contributed by atoms with Gasteiger partial charge in [-0.2, -0.15) is 5.10 Å². The topological polar surface area (TPSA) is 78.2 Å². The first-order valence-corrected chi connectivity index (χ1v) is 11.2. The van der Waals surface area contributed by atoms with Crippen molar-refractivity contribution in [1.29, 1.82) is 0 Å². The lowest BCUT2D eigenvalue weighted by Crippen LogP contribution is -2.20. The standard InChI is InChI=1S/C24H19BrN4O3S/c1-32-23(31)17-9-13-19(14-10-17)26-21(30)15-28-24(33)29(20-5-3-2-4-6-20)22(27-28)16-7-11-18(25)12-8-16/h2-14H,15H2,1H3,(H,26,30). The van der Waals surface area contributed by atoms with Crippen molar-refractivity contribution in [1.82, 2.24) is 14.3 Å². The number of nitrogens with zero attached hydrogens (tertiary/aromatic N) is 3. The molecule has 0 radical (unpaired) electrons. The van der Waals surface area contributed by atoms with Crippen molar-refractivity contribution >= 4 is 45.7 Å². The number of hydrogen-bond acceptors (Lipinski definition) is 5. The molecule has 4 aromatic rings. The second-order valence-corrected chi connectivity index (χ2v) is 8.34. The number of nitrogens with one attached hydrogen (secondary N) is 1. The van der Waals surface area contributed by atoms with Crippen LogP contribution in [0.2, 0.25) is 0 Å². The summed E-state index contributed by atoms with van der Waals surface area (Å²) >= 11 is 9.14. The number of halogens is 1. The van der Waals surface area contributed by atoms with Gasteiger partial charge in [0.05, 0.1) is 12.7 Å². The minimum absolute atomic E-state index is 0.0685. The van der Waals surface area contributed by atoms with E-state index < -0.39 is 5.97 Å². The molecule has 9 heteroatoms. The monoisotopic (exact) mass is 522 g/mol. The third kappa shape index (κ3) is 5.10. The molecule has 0 atom stereocenters. The van der Waals surface area contributed by atoms with Crippen LogP contribution in [0.1, 0.15) is 10.4 Å². The number of methoxy groups -OCH3 is 1. The van der Waals surface area contributed by atoms with E-state index in [2.05, 4.69) is 31.1 Å². The smallest absolute Gasteiger partial charge is 0.337 e. The zero-order valence-electron chi connectivity index (χ0n) is 17.6. The van der Waals surface area contributed by atoms with Gasteiger partial charge in [0.2, 0.25) is 10.7 Å². The van der Waals surface area contributed by atoms with Crippen LogP contribution in [-0.4, -0.2) is 33.3 Å². The van der Waals surface area contributed by atoms with E-state index in [9.17, 15) is 9.59 Å². The minimum Gasteiger partial charge on any atom is -0.465 e. The molecule has 1 amide bonds. The summed E-state index contributed by atoms with van der Waals surface area (Å²) in [5.41, 5.74) is 2.67. The summed E-state index contributed by atoms with van der Waals surface area (Å²) in [6.45, 7) is -0.0685. The first-order valence-electron chi connectivity index (χ1n) is 9.95. The Morgan fingerprint density at radius 1 is 1.00 bits per heavy atom. The van der Waals surface area contributed by atoms with Crippen molar-refractivity contribution in [3.05, 3.63) is 93.7 Å². The minimum atomic E-state index is -0.439. The maximum Gasteiger partial charge on any atom is 0.337 e. The molecule has 7 nitrogen and oxygen atoms in total. The second-order valence-electron chi connectivity index (χ2n) is 7.06. The van der Waals surface area contributed by atoms with Crippen LogP contribution in [0.3, 0.4) is 0 Å². The van der Waals surface area contributed by atoms with Gasteiger partial charge in [0, 0.05) is 21.4 Å². The van der Waals surface area contributed by atoms with Gasteiger partial charge in [-0.15, -0.1) is 0 Å². The van der Waals surface area contributed by atoms with Gasteiger partial charge in [-0.25, -0.2) is 9.48 Å². The van der Waals surface area contributed by atoms with E-state index in [1.165, 1.54) is 11.8 Å². The van der Waals surface area contributed by atoms with Crippen molar-refractivity contribution < 1.29 is 14.3 Å². The van der Waals surface area contributed by atoms with Crippen LogP contribution in [-0.2, 0) is 16.1 Å². The fourth-order valence-corrected chi connectivity index (χ4v) is 3.81. The number of rotatable bonds is 6. The summed E-state index contributed by atoms with van der Waals surface area (Å²) < 4.78 is 9.38. The largest absolute Gasteiger partial charge is 0.465 e. The van der Waals surface area contributed by atoms with Crippen LogP contribution in [0.4, 0.5) is 5.69 Å². The van der Waals surface area contributed by atoms with E-state index in [4.69, 9.17) is 12.2 Å². The number of benzene rings is 3. The molecule has 1 heterocycles. The summed E-state index contributed by atoms with van der Waals surface area (Å²) in [6, 6.07) is 23.8. The molecule has 0 aliphatic heterocycles. The van der Waals surface area contributed by atoms with E-state index in [-0.39, 0.29) is 12.5 Å². The fraction of sp³-hybridized carbons (Fsp3) is 0.0833. The predicted molar refractivity (Wildman–Crippen MR) is 132 cm³/mol. The number of carbonyl (C=O) groups excluding carboxylic acids is 2. The lowest BCUT2D eigenvalue weighted by Gasteiger charge is -2.07. The van der Waals surface area contributed by atoms with E-state index in [0.717, 1.165) is 15.7 Å². The molecule has 166 valence electrons. The normalized spacial score (nSPS) is 10.6. The summed E-state index contributed by atoms with van der Waals surface area (Å²) in [4.78, 5) is 24.3. The maximum atomic E-state index is 12.7. The number of amides is 1. The van der Waals surface area contributed by atoms with Crippen molar-refractivity contribution in [3.63, 3.8) is 0 Å². The summed E-state index contributed by atoms with van der Waals surface area (Å²) in [7, 11) is 1.32. The molecule has 0 spiro atoms. The lowest BCUT2D eigenvalue weighted by molar-refractivity contribution is -0.116. The Hall–Kier alpha value is -3.56. The van der Waals surface area contributed by atoms with Crippen LogP contribution in [0, 0.1) is 4.77 Å². The molecule has 0 aliphatic carbocycles. The average Bonchev–Trinajstić information content (AvgIpc) is 3.15. The lowest BCUT2D eigenvalue weighted by atomic mass is 10.2. The third-order valence-corrected chi connectivity index (χ3v) is 5.76. The average molecular weight is 523 g/mol. The molecule has 0 bridgehead atoms. The predicted octanol–water partition coefficient (Wildman–Crippen LogP) is 5.26. The first-order chi connectivity index (χ1) is 16.0. The molecule has 0 saturated heterocycles. The van der Waals surface area contributed by atoms with Gasteiger partial charge in [0.25, 0.3) is 0 Å². The van der Waals surface area contributed by atoms with E-state index >= 15 is 0 Å². The SMILES string of the molecule is COC(=O)c1ccc(NC(=O)Cn2nc(-c3ccc(Br)cc3)n(-c3ccccc3)c2=S)cc1. The highest BCUT2D eigenvalue weighted by Gasteiger charge is 2.16. The van der Waals surface area contributed by atoms with Crippen molar-refractivity contribution in [2.75, 3.05) is 12.4 Å². The Balaban J connectivity index is 1.63. The molecule has 0 fully saturated rings. The summed E-state index contributed by atoms with van der Waals surface area (Å²) in [5, 5.41) is 7.46. The Morgan fingerprint density at radius 2 is 1.67 bits per heavy atom. The third-order valence-electron chi connectivity index (χ3n) is 4.84.